The molecule has 0 bridgehead atoms. The average molecular weight is 462 g/mol. The third-order valence-corrected chi connectivity index (χ3v) is 6.83. The van der Waals surface area contributed by atoms with Crippen molar-refractivity contribution in [3.05, 3.63) is 47.5 Å². The second kappa shape index (κ2) is 10.6. The van der Waals surface area contributed by atoms with Crippen LogP contribution in [0.25, 0.3) is 0 Å². The Morgan fingerprint density at radius 1 is 0.968 bits per heavy atom. The van der Waals surface area contributed by atoms with Crippen molar-refractivity contribution in [3.63, 3.8) is 0 Å². The summed E-state index contributed by atoms with van der Waals surface area (Å²) in [6.45, 7) is 8.16. The lowest BCUT2D eigenvalue weighted by Crippen LogP contribution is -2.38. The van der Waals surface area contributed by atoms with E-state index in [1.165, 1.54) is 11.8 Å². The van der Waals surface area contributed by atoms with E-state index < -0.39 is 0 Å². The first-order chi connectivity index (χ1) is 15.1. The summed E-state index contributed by atoms with van der Waals surface area (Å²) in [7, 11) is 0. The van der Waals surface area contributed by atoms with Gasteiger partial charge in [-0.05, 0) is 49.4 Å². The highest BCUT2D eigenvalue weighted by Gasteiger charge is 2.21. The molecule has 2 saturated heterocycles. The number of nitrogens with zero attached hydrogens (tertiary/aromatic N) is 2. The molecule has 0 aliphatic carbocycles. The second-order valence-electron chi connectivity index (χ2n) is 7.60. The summed E-state index contributed by atoms with van der Waals surface area (Å²) in [4.78, 5) is 18.6. The topological polar surface area (TPSA) is 54.0 Å². The zero-order chi connectivity index (χ0) is 21.6. The third-order valence-electron chi connectivity index (χ3n) is 5.46. The Hall–Kier alpha value is -1.93. The van der Waals surface area contributed by atoms with Crippen LogP contribution >= 0.6 is 23.4 Å². The fourth-order valence-corrected chi connectivity index (χ4v) is 4.71. The Balaban J connectivity index is 1.51. The first-order valence-electron chi connectivity index (χ1n) is 10.6. The predicted octanol–water partition coefficient (Wildman–Crippen LogP) is 4.13. The van der Waals surface area contributed by atoms with Crippen LogP contribution in [-0.2, 0) is 14.3 Å². The monoisotopic (exact) mass is 461 g/mol. The van der Waals surface area contributed by atoms with E-state index in [-0.39, 0.29) is 11.2 Å². The van der Waals surface area contributed by atoms with Crippen LogP contribution in [0.15, 0.2) is 47.4 Å². The smallest absolute Gasteiger partial charge is 0.237 e. The van der Waals surface area contributed by atoms with Gasteiger partial charge in [0.2, 0.25) is 5.91 Å². The zero-order valence-corrected chi connectivity index (χ0v) is 19.3. The fourth-order valence-electron chi connectivity index (χ4n) is 3.72. The molecule has 2 aromatic carbocycles. The Labute approximate surface area is 192 Å². The molecule has 4 rings (SSSR count). The number of rotatable bonds is 6. The molecule has 2 aliphatic rings. The Morgan fingerprint density at radius 2 is 1.58 bits per heavy atom. The molecule has 166 valence electrons. The lowest BCUT2D eigenvalue weighted by molar-refractivity contribution is -0.115. The number of hydrogen-bond donors (Lipinski definition) is 1. The first kappa shape index (κ1) is 22.3. The summed E-state index contributed by atoms with van der Waals surface area (Å²) in [6, 6.07) is 13.9. The maximum Gasteiger partial charge on any atom is 0.237 e. The lowest BCUT2D eigenvalue weighted by atomic mass is 10.1. The number of hydrogen-bond acceptors (Lipinski definition) is 6. The number of carbonyl (C=O) groups excluding carboxylic acids is 1. The highest BCUT2D eigenvalue weighted by Crippen LogP contribution is 2.33. The van der Waals surface area contributed by atoms with Crippen LogP contribution in [0.4, 0.5) is 17.1 Å². The number of morpholine rings is 2. The van der Waals surface area contributed by atoms with Crippen molar-refractivity contribution in [1.29, 1.82) is 0 Å². The van der Waals surface area contributed by atoms with Crippen molar-refractivity contribution in [2.24, 2.45) is 0 Å². The Kier molecular flexibility index (Phi) is 7.61. The van der Waals surface area contributed by atoms with Crippen LogP contribution in [0.1, 0.15) is 6.92 Å². The highest BCUT2D eigenvalue weighted by atomic mass is 35.5. The summed E-state index contributed by atoms with van der Waals surface area (Å²) in [6.07, 6.45) is 0. The largest absolute Gasteiger partial charge is 0.378 e. The summed E-state index contributed by atoms with van der Waals surface area (Å²) < 4.78 is 11.0. The molecule has 31 heavy (non-hydrogen) atoms. The van der Waals surface area contributed by atoms with Crippen molar-refractivity contribution in [2.75, 3.05) is 67.7 Å². The van der Waals surface area contributed by atoms with Gasteiger partial charge in [-0.3, -0.25) is 4.79 Å². The molecule has 2 aromatic rings. The average Bonchev–Trinajstić information content (AvgIpc) is 2.82. The van der Waals surface area contributed by atoms with Crippen molar-refractivity contribution in [3.8, 4) is 0 Å². The zero-order valence-electron chi connectivity index (χ0n) is 17.7. The van der Waals surface area contributed by atoms with Gasteiger partial charge in [-0.1, -0.05) is 11.6 Å². The van der Waals surface area contributed by atoms with Crippen LogP contribution in [0.5, 0.6) is 0 Å². The van der Waals surface area contributed by atoms with Crippen LogP contribution in [0.2, 0.25) is 5.02 Å². The van der Waals surface area contributed by atoms with E-state index in [1.54, 1.807) is 0 Å². The summed E-state index contributed by atoms with van der Waals surface area (Å²) in [5, 5.41) is 3.61. The van der Waals surface area contributed by atoms with E-state index >= 15 is 0 Å². The van der Waals surface area contributed by atoms with Gasteiger partial charge >= 0.3 is 0 Å². The van der Waals surface area contributed by atoms with E-state index in [2.05, 4.69) is 27.2 Å². The Bertz CT molecular complexity index is 884. The lowest BCUT2D eigenvalue weighted by Gasteiger charge is -2.33. The molecule has 2 aliphatic heterocycles. The number of anilines is 3. The molecule has 8 heteroatoms. The van der Waals surface area contributed by atoms with E-state index in [1.807, 2.05) is 37.3 Å². The van der Waals surface area contributed by atoms with Gasteiger partial charge in [0, 0.05) is 41.8 Å². The first-order valence-corrected chi connectivity index (χ1v) is 11.9. The predicted molar refractivity (Wildman–Crippen MR) is 128 cm³/mol. The van der Waals surface area contributed by atoms with Crippen LogP contribution in [0, 0.1) is 0 Å². The van der Waals surface area contributed by atoms with Gasteiger partial charge in [0.25, 0.3) is 0 Å². The normalized spacial score (nSPS) is 18.0. The van der Waals surface area contributed by atoms with E-state index in [9.17, 15) is 4.79 Å². The molecule has 1 N–H and O–H groups in total. The van der Waals surface area contributed by atoms with Crippen molar-refractivity contribution in [1.82, 2.24) is 0 Å². The molecule has 0 saturated carbocycles. The number of thioether (sulfide) groups is 1. The molecule has 2 heterocycles. The quantitative estimate of drug-likeness (QED) is 0.653. The minimum atomic E-state index is -0.238. The van der Waals surface area contributed by atoms with Gasteiger partial charge in [-0.15, -0.1) is 11.8 Å². The number of ether oxygens (including phenoxy) is 2. The third kappa shape index (κ3) is 5.86. The van der Waals surface area contributed by atoms with Crippen LogP contribution in [-0.4, -0.2) is 63.8 Å². The molecular weight excluding hydrogens is 434 g/mol. The number of nitrogens with one attached hydrogen (secondary N) is 1. The molecule has 1 amide bonds. The van der Waals surface area contributed by atoms with Crippen LogP contribution < -0.4 is 15.1 Å². The Morgan fingerprint density at radius 3 is 2.23 bits per heavy atom. The summed E-state index contributed by atoms with van der Waals surface area (Å²) in [5.74, 6) is -0.0198. The molecule has 0 spiro atoms. The number of carbonyl (C=O) groups is 1. The SMILES string of the molecule is CC(Sc1ccc(Cl)cc1)C(=O)Nc1ccc(N2CCOCC2)cc1N1CCOCC1. The molecule has 0 aromatic heterocycles. The van der Waals surface area contributed by atoms with Crippen LogP contribution in [0.3, 0.4) is 0 Å². The molecule has 1 atom stereocenters. The van der Waals surface area contributed by atoms with Crippen molar-refractivity contribution in [2.45, 2.75) is 17.1 Å². The second-order valence-corrected chi connectivity index (χ2v) is 9.45. The van der Waals surface area contributed by atoms with Gasteiger partial charge in [-0.2, -0.15) is 0 Å². The van der Waals surface area contributed by atoms with Gasteiger partial charge in [-0.25, -0.2) is 0 Å². The standard InChI is InChI=1S/C23H28ClN3O3S/c1-17(31-20-5-2-18(24)3-6-20)23(28)25-21-7-4-19(26-8-12-29-13-9-26)16-22(21)27-10-14-30-15-11-27/h2-7,16-17H,8-15H2,1H3,(H,25,28). The molecule has 0 radical (unpaired) electrons. The van der Waals surface area contributed by atoms with E-state index in [0.29, 0.717) is 18.2 Å². The number of amides is 1. The van der Waals surface area contributed by atoms with E-state index in [4.69, 9.17) is 21.1 Å². The molecular formula is C23H28ClN3O3S. The van der Waals surface area contributed by atoms with Gasteiger partial charge < -0.3 is 24.6 Å². The molecule has 6 nitrogen and oxygen atoms in total. The minimum absolute atomic E-state index is 0.0198. The highest BCUT2D eigenvalue weighted by molar-refractivity contribution is 8.00. The molecule has 1 unspecified atom stereocenters. The minimum Gasteiger partial charge on any atom is -0.378 e. The van der Waals surface area contributed by atoms with Gasteiger partial charge in [0.1, 0.15) is 0 Å². The summed E-state index contributed by atoms with van der Waals surface area (Å²) in [5.41, 5.74) is 3.04. The maximum absolute atomic E-state index is 13.0. The maximum atomic E-state index is 13.0. The van der Waals surface area contributed by atoms with E-state index in [0.717, 1.165) is 61.4 Å². The van der Waals surface area contributed by atoms with Gasteiger partial charge in [0.05, 0.1) is 43.1 Å². The molecule has 2 fully saturated rings. The van der Waals surface area contributed by atoms with Crippen molar-refractivity contribution >= 4 is 46.3 Å². The fraction of sp³-hybridized carbons (Fsp3) is 0.435. The number of halogens is 1. The number of benzene rings is 2. The van der Waals surface area contributed by atoms with Gasteiger partial charge in [0.15, 0.2) is 0 Å². The van der Waals surface area contributed by atoms with Crippen molar-refractivity contribution < 1.29 is 14.3 Å². The summed E-state index contributed by atoms with van der Waals surface area (Å²) >= 11 is 7.49.